The van der Waals surface area contributed by atoms with E-state index in [1.54, 1.807) is 0 Å². The molecule has 1 aromatic carbocycles. The second kappa shape index (κ2) is 13.9. The van der Waals surface area contributed by atoms with Gasteiger partial charge in [0, 0.05) is 0 Å². The Bertz CT molecular complexity index is 770. The summed E-state index contributed by atoms with van der Waals surface area (Å²) in [5.74, 6) is 3.93. The van der Waals surface area contributed by atoms with E-state index in [2.05, 4.69) is 62.4 Å². The van der Waals surface area contributed by atoms with Crippen LogP contribution in [0.5, 0.6) is 0 Å². The van der Waals surface area contributed by atoms with E-state index in [9.17, 15) is 0 Å². The molecule has 2 saturated carbocycles. The van der Waals surface area contributed by atoms with E-state index in [4.69, 9.17) is 0 Å². The van der Waals surface area contributed by atoms with Crippen molar-refractivity contribution in [2.24, 2.45) is 29.1 Å². The van der Waals surface area contributed by atoms with Gasteiger partial charge in [-0.2, -0.15) is 0 Å². The predicted octanol–water partition coefficient (Wildman–Crippen LogP) is 11.2. The molecule has 0 saturated heterocycles. The highest BCUT2D eigenvalue weighted by Crippen LogP contribution is 2.51. The first-order valence-electron chi connectivity index (χ1n) is 15.7. The number of unbranched alkanes of at least 4 members (excludes halogenated alkanes) is 3. The van der Waals surface area contributed by atoms with Gasteiger partial charge in [-0.05, 0) is 72.3 Å². The molecule has 0 heterocycles. The maximum atomic E-state index is 2.71. The fraction of sp³-hybridized carbons (Fsp3) is 0.714. The summed E-state index contributed by atoms with van der Waals surface area (Å²) in [5.41, 5.74) is 3.26. The molecule has 2 fully saturated rings. The van der Waals surface area contributed by atoms with E-state index in [0.29, 0.717) is 5.41 Å². The lowest BCUT2D eigenvalue weighted by Crippen LogP contribution is -2.33. The van der Waals surface area contributed by atoms with E-state index in [1.807, 2.05) is 0 Å². The van der Waals surface area contributed by atoms with Crippen LogP contribution >= 0.6 is 0 Å². The summed E-state index contributed by atoms with van der Waals surface area (Å²) in [6.07, 6.45) is 34.0. The van der Waals surface area contributed by atoms with Crippen molar-refractivity contribution in [1.29, 1.82) is 0 Å². The minimum absolute atomic E-state index is 0.422. The molecule has 0 N–H and O–H groups in total. The van der Waals surface area contributed by atoms with Crippen molar-refractivity contribution >= 4 is 5.57 Å². The van der Waals surface area contributed by atoms with Crippen LogP contribution in [0.25, 0.3) is 5.57 Å². The summed E-state index contributed by atoms with van der Waals surface area (Å²) in [4.78, 5) is 0. The minimum atomic E-state index is 0.422. The number of hydrogen-bond acceptors (Lipinski definition) is 0. The van der Waals surface area contributed by atoms with Gasteiger partial charge in [-0.1, -0.05) is 146 Å². The highest BCUT2D eigenvalue weighted by Gasteiger charge is 2.39. The molecule has 4 rings (SSSR count). The van der Waals surface area contributed by atoms with E-state index in [1.165, 1.54) is 127 Å². The van der Waals surface area contributed by atoms with Crippen LogP contribution in [-0.4, -0.2) is 0 Å². The number of benzene rings is 1. The van der Waals surface area contributed by atoms with Gasteiger partial charge in [-0.15, -0.1) is 0 Å². The minimum Gasteiger partial charge on any atom is -0.0771 e. The summed E-state index contributed by atoms with van der Waals surface area (Å²) >= 11 is 0. The third-order valence-electron chi connectivity index (χ3n) is 10.2. The number of allylic oxidation sites excluding steroid dienone is 4. The van der Waals surface area contributed by atoms with Gasteiger partial charge >= 0.3 is 0 Å². The van der Waals surface area contributed by atoms with E-state index >= 15 is 0 Å². The average Bonchev–Trinajstić information content (AvgIpc) is 2.93. The Morgan fingerprint density at radius 2 is 1.29 bits per heavy atom. The van der Waals surface area contributed by atoms with Gasteiger partial charge in [0.15, 0.2) is 0 Å². The molecule has 0 aliphatic heterocycles. The molecular formula is C35H54. The van der Waals surface area contributed by atoms with Crippen LogP contribution in [0.3, 0.4) is 0 Å². The standard InChI is InChI=1S/C35H54/c1-3-5-8-12-30-19-21-34(22-20-30)35(26-23-31-17-15-29(16-18-31)11-6-4-2)27-24-33(25-28-35)32-13-9-7-10-14-32/h7,9-10,13-14,24-25,27,29-31,34H,3-6,8,11-12,15-23,26,28H2,1-2H3. The second-order valence-corrected chi connectivity index (χ2v) is 12.6. The molecule has 1 atom stereocenters. The molecule has 0 nitrogen and oxygen atoms in total. The molecule has 35 heavy (non-hydrogen) atoms. The summed E-state index contributed by atoms with van der Waals surface area (Å²) < 4.78 is 0. The molecule has 1 aromatic rings. The third kappa shape index (κ3) is 7.60. The third-order valence-corrected chi connectivity index (χ3v) is 10.2. The molecule has 0 radical (unpaired) electrons. The zero-order chi connectivity index (χ0) is 24.3. The number of rotatable bonds is 12. The Balaban J connectivity index is 1.37. The first kappa shape index (κ1) is 26.8. The lowest BCUT2D eigenvalue weighted by Gasteiger charge is -2.44. The van der Waals surface area contributed by atoms with Crippen LogP contribution in [0.4, 0.5) is 0 Å². The Kier molecular flexibility index (Phi) is 10.6. The zero-order valence-electron chi connectivity index (χ0n) is 23.2. The van der Waals surface area contributed by atoms with Crippen LogP contribution in [0.2, 0.25) is 0 Å². The van der Waals surface area contributed by atoms with Crippen molar-refractivity contribution in [3.05, 3.63) is 54.1 Å². The molecule has 0 bridgehead atoms. The molecule has 194 valence electrons. The van der Waals surface area contributed by atoms with Gasteiger partial charge in [0.1, 0.15) is 0 Å². The largest absolute Gasteiger partial charge is 0.0771 e. The summed E-state index contributed by atoms with van der Waals surface area (Å²) in [5, 5.41) is 0. The van der Waals surface area contributed by atoms with E-state index in [-0.39, 0.29) is 0 Å². The first-order chi connectivity index (χ1) is 17.2. The van der Waals surface area contributed by atoms with Gasteiger partial charge in [0.25, 0.3) is 0 Å². The average molecular weight is 475 g/mol. The Labute approximate surface area is 218 Å². The maximum Gasteiger partial charge on any atom is -0.00518 e. The molecule has 1 unspecified atom stereocenters. The van der Waals surface area contributed by atoms with Crippen LogP contribution in [-0.2, 0) is 0 Å². The van der Waals surface area contributed by atoms with Crippen molar-refractivity contribution in [2.45, 2.75) is 129 Å². The molecular weight excluding hydrogens is 420 g/mol. The van der Waals surface area contributed by atoms with Crippen molar-refractivity contribution in [1.82, 2.24) is 0 Å². The van der Waals surface area contributed by atoms with Crippen molar-refractivity contribution in [3.63, 3.8) is 0 Å². The van der Waals surface area contributed by atoms with Crippen molar-refractivity contribution < 1.29 is 0 Å². The molecule has 0 amide bonds. The normalized spacial score (nSPS) is 31.3. The van der Waals surface area contributed by atoms with E-state index < -0.39 is 0 Å². The SMILES string of the molecule is CCCCCC1CCC(C2(CCC3CCC(CCCC)CC3)C=CC(c3ccccc3)=CC2)CC1. The smallest absolute Gasteiger partial charge is 0.00518 e. The fourth-order valence-corrected chi connectivity index (χ4v) is 7.71. The van der Waals surface area contributed by atoms with Gasteiger partial charge in [0.05, 0.1) is 0 Å². The quantitative estimate of drug-likeness (QED) is 0.264. The molecule has 0 spiro atoms. The van der Waals surface area contributed by atoms with Gasteiger partial charge in [-0.3, -0.25) is 0 Å². The molecule has 3 aliphatic rings. The first-order valence-corrected chi connectivity index (χ1v) is 15.7. The van der Waals surface area contributed by atoms with Gasteiger partial charge in [0.2, 0.25) is 0 Å². The second-order valence-electron chi connectivity index (χ2n) is 12.6. The summed E-state index contributed by atoms with van der Waals surface area (Å²) in [7, 11) is 0. The topological polar surface area (TPSA) is 0 Å². The lowest BCUT2D eigenvalue weighted by atomic mass is 9.60. The highest BCUT2D eigenvalue weighted by atomic mass is 14.4. The van der Waals surface area contributed by atoms with Crippen LogP contribution in [0, 0.1) is 29.1 Å². The predicted molar refractivity (Wildman–Crippen MR) is 154 cm³/mol. The lowest BCUT2D eigenvalue weighted by molar-refractivity contribution is 0.116. The molecule has 0 heteroatoms. The Morgan fingerprint density at radius 1 is 0.686 bits per heavy atom. The van der Waals surface area contributed by atoms with Crippen LogP contribution in [0.1, 0.15) is 135 Å². The maximum absolute atomic E-state index is 2.71. The monoisotopic (exact) mass is 474 g/mol. The molecule has 3 aliphatic carbocycles. The van der Waals surface area contributed by atoms with E-state index in [0.717, 1.165) is 23.7 Å². The fourth-order valence-electron chi connectivity index (χ4n) is 7.71. The number of hydrogen-bond donors (Lipinski definition) is 0. The zero-order valence-corrected chi connectivity index (χ0v) is 23.2. The Morgan fingerprint density at radius 3 is 1.89 bits per heavy atom. The van der Waals surface area contributed by atoms with Crippen LogP contribution < -0.4 is 0 Å². The van der Waals surface area contributed by atoms with Gasteiger partial charge in [-0.25, -0.2) is 0 Å². The summed E-state index contributed by atoms with van der Waals surface area (Å²) in [6.45, 7) is 4.68. The van der Waals surface area contributed by atoms with Crippen LogP contribution in [0.15, 0.2) is 48.6 Å². The highest BCUT2D eigenvalue weighted by molar-refractivity contribution is 5.75. The van der Waals surface area contributed by atoms with Gasteiger partial charge < -0.3 is 0 Å². The Hall–Kier alpha value is -1.30. The van der Waals surface area contributed by atoms with Crippen molar-refractivity contribution in [2.75, 3.05) is 0 Å². The molecule has 0 aromatic heterocycles. The summed E-state index contributed by atoms with van der Waals surface area (Å²) in [6, 6.07) is 11.1. The van der Waals surface area contributed by atoms with Crippen molar-refractivity contribution in [3.8, 4) is 0 Å².